The fourth-order valence-corrected chi connectivity index (χ4v) is 6.42. The van der Waals surface area contributed by atoms with Crippen LogP contribution in [0.5, 0.6) is 11.5 Å². The van der Waals surface area contributed by atoms with E-state index < -0.39 is 35.7 Å². The number of carbonyl (C=O) groups is 4. The molecule has 0 radical (unpaired) electrons. The van der Waals surface area contributed by atoms with Crippen LogP contribution in [0, 0.1) is 5.82 Å². The second-order valence-corrected chi connectivity index (χ2v) is 13.3. The van der Waals surface area contributed by atoms with E-state index in [9.17, 15) is 28.4 Å². The zero-order valence-corrected chi connectivity index (χ0v) is 29.3. The van der Waals surface area contributed by atoms with Gasteiger partial charge in [0.05, 0.1) is 42.5 Å². The van der Waals surface area contributed by atoms with E-state index in [4.69, 9.17) is 9.47 Å². The van der Waals surface area contributed by atoms with Gasteiger partial charge in [0.2, 0.25) is 11.8 Å². The van der Waals surface area contributed by atoms with Gasteiger partial charge in [0.15, 0.2) is 0 Å². The van der Waals surface area contributed by atoms with Crippen molar-refractivity contribution in [2.24, 2.45) is 0 Å². The summed E-state index contributed by atoms with van der Waals surface area (Å²) in [5.41, 5.74) is 1.03. The first-order chi connectivity index (χ1) is 25.0. The lowest BCUT2D eigenvalue weighted by molar-refractivity contribution is -0.131. The number of nitrogens with zero attached hydrogens (tertiary/aromatic N) is 4. The number of aryl methyl sites for hydroxylation is 1. The first kappa shape index (κ1) is 36.2. The molecular weight excluding hydrogens is 671 g/mol. The predicted octanol–water partition coefficient (Wildman–Crippen LogP) is 3.63. The van der Waals surface area contributed by atoms with Crippen molar-refractivity contribution in [2.45, 2.75) is 65.0 Å². The zero-order valence-electron chi connectivity index (χ0n) is 29.3. The van der Waals surface area contributed by atoms with Crippen molar-refractivity contribution in [1.82, 2.24) is 30.0 Å². The van der Waals surface area contributed by atoms with Crippen molar-refractivity contribution in [2.75, 3.05) is 26.2 Å². The van der Waals surface area contributed by atoms with Gasteiger partial charge in [-0.1, -0.05) is 19.1 Å². The van der Waals surface area contributed by atoms with Crippen LogP contribution in [0.1, 0.15) is 59.9 Å². The molecule has 2 aliphatic rings. The van der Waals surface area contributed by atoms with E-state index >= 15 is 0 Å². The fourth-order valence-electron chi connectivity index (χ4n) is 6.42. The third-order valence-electron chi connectivity index (χ3n) is 8.84. The summed E-state index contributed by atoms with van der Waals surface area (Å²) in [7, 11) is 0. The van der Waals surface area contributed by atoms with E-state index in [1.165, 1.54) is 46.1 Å². The maximum absolute atomic E-state index is 14.9. The molecule has 2 N–H and O–H groups in total. The number of fused-ring (bicyclic) bond motifs is 6. The third-order valence-corrected chi connectivity index (χ3v) is 8.84. The molecule has 14 heteroatoms. The molecule has 0 aliphatic carbocycles. The molecule has 0 spiro atoms. The SMILES string of the molecule is CCCN1CC(=O)N[C@@H]2CN(C(=O)CCn3cnc4ccccc4c3=O)C[C@H]2OCc2cc(F)cc(c2)Oc2cc(C(=O)NC(C)C)cc(c2)C1=O. The van der Waals surface area contributed by atoms with Crippen LogP contribution >= 0.6 is 0 Å². The quantitative estimate of drug-likeness (QED) is 0.295. The average Bonchev–Trinajstić information content (AvgIpc) is 3.51. The van der Waals surface area contributed by atoms with E-state index in [1.807, 2.05) is 20.8 Å². The van der Waals surface area contributed by atoms with Crippen molar-refractivity contribution >= 4 is 34.5 Å². The predicted molar refractivity (Wildman–Crippen MR) is 189 cm³/mol. The number of aromatic nitrogens is 2. The summed E-state index contributed by atoms with van der Waals surface area (Å²) in [5.74, 6) is -1.97. The van der Waals surface area contributed by atoms with E-state index in [2.05, 4.69) is 15.6 Å². The maximum atomic E-state index is 14.9. The normalized spacial score (nSPS) is 17.9. The lowest BCUT2D eigenvalue weighted by Gasteiger charge is -2.25. The lowest BCUT2D eigenvalue weighted by Crippen LogP contribution is -2.49. The van der Waals surface area contributed by atoms with Gasteiger partial charge in [-0.25, -0.2) is 9.37 Å². The van der Waals surface area contributed by atoms with Crippen molar-refractivity contribution in [3.63, 3.8) is 0 Å². The summed E-state index contributed by atoms with van der Waals surface area (Å²) >= 11 is 0. The van der Waals surface area contributed by atoms with Crippen LogP contribution in [-0.2, 0) is 27.5 Å². The van der Waals surface area contributed by atoms with Gasteiger partial charge in [-0.2, -0.15) is 0 Å². The second kappa shape index (κ2) is 15.7. The smallest absolute Gasteiger partial charge is 0.261 e. The molecule has 3 heterocycles. The van der Waals surface area contributed by atoms with Gasteiger partial charge in [0, 0.05) is 55.8 Å². The molecule has 4 aromatic rings. The number of rotatable bonds is 7. The van der Waals surface area contributed by atoms with Crippen LogP contribution in [-0.4, -0.2) is 87.3 Å². The van der Waals surface area contributed by atoms with Crippen molar-refractivity contribution in [3.8, 4) is 11.5 Å². The summed E-state index contributed by atoms with van der Waals surface area (Å²) in [6, 6.07) is 14.6. The van der Waals surface area contributed by atoms with Crippen molar-refractivity contribution < 1.29 is 33.0 Å². The number of hydrogen-bond acceptors (Lipinski definition) is 8. The van der Waals surface area contributed by atoms with Gasteiger partial charge >= 0.3 is 0 Å². The molecular formula is C38H41FN6O7. The molecule has 4 amide bonds. The Balaban J connectivity index is 1.26. The summed E-state index contributed by atoms with van der Waals surface area (Å²) in [6.07, 6.45) is 1.32. The molecule has 1 saturated heterocycles. The van der Waals surface area contributed by atoms with Crippen molar-refractivity contribution in [1.29, 1.82) is 0 Å². The molecule has 272 valence electrons. The monoisotopic (exact) mass is 712 g/mol. The Hall–Kier alpha value is -5.63. The van der Waals surface area contributed by atoms with Crippen molar-refractivity contribution in [3.05, 3.63) is 99.9 Å². The van der Waals surface area contributed by atoms with Gasteiger partial charge in [-0.05, 0) is 68.3 Å². The Kier molecular flexibility index (Phi) is 10.9. The van der Waals surface area contributed by atoms with Crippen LogP contribution in [0.2, 0.25) is 0 Å². The van der Waals surface area contributed by atoms with Gasteiger partial charge in [-0.3, -0.25) is 28.5 Å². The fraction of sp³-hybridized carbons (Fsp3) is 0.368. The molecule has 6 rings (SSSR count). The minimum absolute atomic E-state index is 0.00630. The van der Waals surface area contributed by atoms with E-state index in [1.54, 1.807) is 35.2 Å². The summed E-state index contributed by atoms with van der Waals surface area (Å²) in [4.78, 5) is 74.2. The van der Waals surface area contributed by atoms with Gasteiger partial charge < -0.3 is 29.9 Å². The highest BCUT2D eigenvalue weighted by Gasteiger charge is 2.37. The van der Waals surface area contributed by atoms with Crippen LogP contribution in [0.25, 0.3) is 10.9 Å². The Morgan fingerprint density at radius 1 is 1.02 bits per heavy atom. The molecule has 52 heavy (non-hydrogen) atoms. The molecule has 0 unspecified atom stereocenters. The molecule has 3 aromatic carbocycles. The highest BCUT2D eigenvalue weighted by atomic mass is 19.1. The van der Waals surface area contributed by atoms with Gasteiger partial charge in [0.1, 0.15) is 17.3 Å². The number of benzene rings is 3. The molecule has 13 nitrogen and oxygen atoms in total. The largest absolute Gasteiger partial charge is 0.457 e. The zero-order chi connectivity index (χ0) is 36.9. The summed E-state index contributed by atoms with van der Waals surface area (Å²) in [5, 5.41) is 6.22. The minimum atomic E-state index is -0.663. The van der Waals surface area contributed by atoms with Crippen LogP contribution in [0.3, 0.4) is 0 Å². The minimum Gasteiger partial charge on any atom is -0.457 e. The van der Waals surface area contributed by atoms with Gasteiger partial charge in [0.25, 0.3) is 17.4 Å². The van der Waals surface area contributed by atoms with Gasteiger partial charge in [-0.15, -0.1) is 0 Å². The Morgan fingerprint density at radius 2 is 1.81 bits per heavy atom. The second-order valence-electron chi connectivity index (χ2n) is 13.3. The Labute approximate surface area is 299 Å². The molecule has 2 aliphatic heterocycles. The Bertz CT molecular complexity index is 2070. The lowest BCUT2D eigenvalue weighted by atomic mass is 10.1. The number of hydrogen-bond donors (Lipinski definition) is 2. The van der Waals surface area contributed by atoms with Crippen LogP contribution in [0.15, 0.2) is 71.8 Å². The van der Waals surface area contributed by atoms with E-state index in [-0.39, 0.29) is 85.9 Å². The highest BCUT2D eigenvalue weighted by molar-refractivity contribution is 6.01. The number of likely N-dealkylation sites (tertiary alicyclic amines) is 1. The van der Waals surface area contributed by atoms with Crippen LogP contribution < -0.4 is 20.9 Å². The number of amides is 4. The number of ether oxygens (including phenoxy) is 2. The summed E-state index contributed by atoms with van der Waals surface area (Å²) in [6.45, 7) is 5.75. The summed E-state index contributed by atoms with van der Waals surface area (Å²) < 4.78 is 28.5. The number of nitrogens with one attached hydrogen (secondary N) is 2. The number of halogens is 1. The first-order valence-corrected chi connectivity index (χ1v) is 17.3. The highest BCUT2D eigenvalue weighted by Crippen LogP contribution is 2.28. The molecule has 1 fully saturated rings. The Morgan fingerprint density at radius 3 is 2.60 bits per heavy atom. The van der Waals surface area contributed by atoms with E-state index in [0.717, 1.165) is 0 Å². The van der Waals surface area contributed by atoms with Crippen LogP contribution in [0.4, 0.5) is 4.39 Å². The third kappa shape index (κ3) is 8.45. The average molecular weight is 713 g/mol. The standard InChI is InChI=1S/C38H41FN6O7/c1-4-10-43-20-34(46)42-32-18-45(35(47)9-11-44-22-40-31-8-6-5-7-30(31)38(44)50)19-33(32)51-21-24-12-27(39)17-28(13-24)52-29-15-25(36(48)41-23(2)3)14-26(16-29)37(43)49/h5-8,12-17,22-23,32-33H,4,9-11,18-21H2,1-3H3,(H,41,48)(H,42,46)/t32-,33-/m1/s1. The maximum Gasteiger partial charge on any atom is 0.261 e. The molecule has 1 aromatic heterocycles. The van der Waals surface area contributed by atoms with E-state index in [0.29, 0.717) is 22.9 Å². The number of para-hydroxylation sites is 1. The topological polar surface area (TPSA) is 152 Å². The number of carbonyl (C=O) groups excluding carboxylic acids is 4. The molecule has 0 saturated carbocycles. The molecule has 2 atom stereocenters. The first-order valence-electron chi connectivity index (χ1n) is 17.3. The molecule has 4 bridgehead atoms.